The highest BCUT2D eigenvalue weighted by atomic mass is 35.5. The molecule has 1 aliphatic rings. The Balaban J connectivity index is 1.50. The second-order valence-electron chi connectivity index (χ2n) is 9.18. The fourth-order valence-electron chi connectivity index (χ4n) is 4.87. The predicted octanol–water partition coefficient (Wildman–Crippen LogP) is 5.79. The van der Waals surface area contributed by atoms with Crippen molar-refractivity contribution < 1.29 is 4.39 Å². The van der Waals surface area contributed by atoms with Crippen LogP contribution in [0.2, 0.25) is 5.02 Å². The second-order valence-corrected chi connectivity index (χ2v) is 9.62. The van der Waals surface area contributed by atoms with E-state index in [2.05, 4.69) is 51.8 Å². The van der Waals surface area contributed by atoms with Crippen LogP contribution in [0.4, 0.5) is 10.1 Å². The maximum Gasteiger partial charge on any atom is 0.132 e. The molecular formula is C26H28ClFN6. The number of hydrogen-bond acceptors (Lipinski definition) is 5. The van der Waals surface area contributed by atoms with E-state index >= 15 is 0 Å². The molecule has 1 atom stereocenters. The van der Waals surface area contributed by atoms with E-state index in [4.69, 9.17) is 16.6 Å². The van der Waals surface area contributed by atoms with Crippen molar-refractivity contribution in [3.05, 3.63) is 59.6 Å². The molecule has 0 bridgehead atoms. The Morgan fingerprint density at radius 2 is 1.94 bits per heavy atom. The van der Waals surface area contributed by atoms with Crippen molar-refractivity contribution in [2.45, 2.75) is 39.3 Å². The molecule has 1 saturated heterocycles. The SMILES string of the molecule is CC(C)N1CCCN(c2cnc3ccc(-c4c[nH]nc4-c4cc(Cl)ccc4F)nc3c2)C[C@@H]1C. The van der Waals surface area contributed by atoms with Crippen LogP contribution < -0.4 is 4.90 Å². The molecule has 176 valence electrons. The summed E-state index contributed by atoms with van der Waals surface area (Å²) in [5.74, 6) is -0.381. The highest BCUT2D eigenvalue weighted by Crippen LogP contribution is 2.33. The molecule has 0 radical (unpaired) electrons. The molecule has 8 heteroatoms. The Bertz CT molecular complexity index is 1320. The molecule has 1 N–H and O–H groups in total. The average molecular weight is 479 g/mol. The topological polar surface area (TPSA) is 60.9 Å². The molecular weight excluding hydrogens is 451 g/mol. The number of benzene rings is 1. The minimum absolute atomic E-state index is 0.339. The third-order valence-electron chi connectivity index (χ3n) is 6.55. The summed E-state index contributed by atoms with van der Waals surface area (Å²) in [6, 6.07) is 11.4. The summed E-state index contributed by atoms with van der Waals surface area (Å²) in [6.07, 6.45) is 4.78. The van der Waals surface area contributed by atoms with Crippen LogP contribution in [0.5, 0.6) is 0 Å². The normalized spacial score (nSPS) is 17.5. The smallest absolute Gasteiger partial charge is 0.132 e. The highest BCUT2D eigenvalue weighted by Gasteiger charge is 2.24. The monoisotopic (exact) mass is 478 g/mol. The van der Waals surface area contributed by atoms with Crippen LogP contribution in [-0.4, -0.2) is 56.8 Å². The first-order valence-corrected chi connectivity index (χ1v) is 12.1. The molecule has 6 nitrogen and oxygen atoms in total. The largest absolute Gasteiger partial charge is 0.369 e. The van der Waals surface area contributed by atoms with Gasteiger partial charge < -0.3 is 4.90 Å². The third-order valence-corrected chi connectivity index (χ3v) is 6.78. The number of rotatable bonds is 4. The van der Waals surface area contributed by atoms with Crippen molar-refractivity contribution in [1.29, 1.82) is 0 Å². The first kappa shape index (κ1) is 22.7. The number of anilines is 1. The van der Waals surface area contributed by atoms with Gasteiger partial charge in [0.15, 0.2) is 0 Å². The molecule has 0 saturated carbocycles. The van der Waals surface area contributed by atoms with E-state index in [1.54, 1.807) is 12.3 Å². The van der Waals surface area contributed by atoms with E-state index in [1.807, 2.05) is 18.3 Å². The van der Waals surface area contributed by atoms with E-state index in [0.717, 1.165) is 42.8 Å². The number of pyridine rings is 2. The van der Waals surface area contributed by atoms with Crippen molar-refractivity contribution in [3.8, 4) is 22.5 Å². The van der Waals surface area contributed by atoms with E-state index in [9.17, 15) is 4.39 Å². The van der Waals surface area contributed by atoms with E-state index in [-0.39, 0.29) is 5.82 Å². The highest BCUT2D eigenvalue weighted by molar-refractivity contribution is 6.30. The number of halogens is 2. The lowest BCUT2D eigenvalue weighted by Gasteiger charge is -2.32. The van der Waals surface area contributed by atoms with Crippen LogP contribution in [0, 0.1) is 5.82 Å². The summed E-state index contributed by atoms with van der Waals surface area (Å²) >= 11 is 6.11. The van der Waals surface area contributed by atoms with Gasteiger partial charge in [-0.25, -0.2) is 9.37 Å². The molecule has 0 unspecified atom stereocenters. The van der Waals surface area contributed by atoms with Gasteiger partial charge in [0.25, 0.3) is 0 Å². The second kappa shape index (κ2) is 9.31. The van der Waals surface area contributed by atoms with Crippen LogP contribution in [-0.2, 0) is 0 Å². The zero-order chi connectivity index (χ0) is 23.8. The predicted molar refractivity (Wildman–Crippen MR) is 136 cm³/mol. The molecule has 5 rings (SSSR count). The van der Waals surface area contributed by atoms with Gasteiger partial charge in [-0.2, -0.15) is 5.10 Å². The maximum absolute atomic E-state index is 14.5. The molecule has 0 aliphatic carbocycles. The lowest BCUT2D eigenvalue weighted by molar-refractivity contribution is 0.178. The summed E-state index contributed by atoms with van der Waals surface area (Å²) in [4.78, 5) is 14.5. The van der Waals surface area contributed by atoms with Gasteiger partial charge in [-0.3, -0.25) is 15.0 Å². The average Bonchev–Trinajstić information content (AvgIpc) is 3.22. The van der Waals surface area contributed by atoms with Gasteiger partial charge in [0.1, 0.15) is 11.5 Å². The minimum Gasteiger partial charge on any atom is -0.369 e. The lowest BCUT2D eigenvalue weighted by atomic mass is 10.0. The van der Waals surface area contributed by atoms with Crippen LogP contribution in [0.15, 0.2) is 48.8 Å². The fourth-order valence-corrected chi connectivity index (χ4v) is 5.04. The Kier molecular flexibility index (Phi) is 6.23. The molecule has 0 amide bonds. The summed E-state index contributed by atoms with van der Waals surface area (Å²) < 4.78 is 14.5. The van der Waals surface area contributed by atoms with Gasteiger partial charge in [0, 0.05) is 54.1 Å². The van der Waals surface area contributed by atoms with Crippen molar-refractivity contribution in [3.63, 3.8) is 0 Å². The fraction of sp³-hybridized carbons (Fsp3) is 0.346. The van der Waals surface area contributed by atoms with Gasteiger partial charge in [0.2, 0.25) is 0 Å². The van der Waals surface area contributed by atoms with Gasteiger partial charge >= 0.3 is 0 Å². The summed E-state index contributed by atoms with van der Waals surface area (Å²) in [5, 5.41) is 7.59. The molecule has 1 fully saturated rings. The van der Waals surface area contributed by atoms with E-state index < -0.39 is 0 Å². The maximum atomic E-state index is 14.5. The third kappa shape index (κ3) is 4.38. The zero-order valence-electron chi connectivity index (χ0n) is 19.6. The minimum atomic E-state index is -0.381. The molecule has 0 spiro atoms. The molecule has 4 aromatic rings. The van der Waals surface area contributed by atoms with Crippen molar-refractivity contribution in [2.75, 3.05) is 24.5 Å². The van der Waals surface area contributed by atoms with Gasteiger partial charge in [0.05, 0.1) is 28.6 Å². The first-order valence-electron chi connectivity index (χ1n) is 11.7. The Morgan fingerprint density at radius 3 is 2.76 bits per heavy atom. The van der Waals surface area contributed by atoms with Crippen molar-refractivity contribution in [2.24, 2.45) is 0 Å². The van der Waals surface area contributed by atoms with Gasteiger partial charge in [-0.1, -0.05) is 11.6 Å². The van der Waals surface area contributed by atoms with Crippen LogP contribution >= 0.6 is 11.6 Å². The number of nitrogens with one attached hydrogen (secondary N) is 1. The lowest BCUT2D eigenvalue weighted by Crippen LogP contribution is -2.42. The molecule has 1 aromatic carbocycles. The Morgan fingerprint density at radius 1 is 1.09 bits per heavy atom. The quantitative estimate of drug-likeness (QED) is 0.402. The standard InChI is InChI=1S/C26H28ClFN6/c1-16(2)34-10-4-9-33(15-17(34)3)19-12-25-24(29-13-19)8-7-23(31-25)21-14-30-32-26(21)20-11-18(27)5-6-22(20)28/h5-8,11-14,16-17H,4,9-10,15H2,1-3H3,(H,30,32)/t17-/m0/s1. The number of H-pyrrole nitrogens is 1. The first-order chi connectivity index (χ1) is 16.4. The van der Waals surface area contributed by atoms with Gasteiger partial charge in [-0.05, 0) is 63.6 Å². The van der Waals surface area contributed by atoms with Crippen LogP contribution in [0.25, 0.3) is 33.5 Å². The molecule has 1 aliphatic heterocycles. The number of nitrogens with zero attached hydrogens (tertiary/aromatic N) is 5. The van der Waals surface area contributed by atoms with Gasteiger partial charge in [-0.15, -0.1) is 0 Å². The zero-order valence-corrected chi connectivity index (χ0v) is 20.3. The van der Waals surface area contributed by atoms with E-state index in [1.165, 1.54) is 12.1 Å². The Labute approximate surface area is 203 Å². The Hall–Kier alpha value is -3.03. The van der Waals surface area contributed by atoms with Crippen molar-refractivity contribution >= 4 is 28.3 Å². The van der Waals surface area contributed by atoms with E-state index in [0.29, 0.717) is 39.6 Å². The number of hydrogen-bond donors (Lipinski definition) is 1. The summed E-state index contributed by atoms with van der Waals surface area (Å²) in [7, 11) is 0. The van der Waals surface area contributed by atoms with Crippen LogP contribution in [0.3, 0.4) is 0 Å². The summed E-state index contributed by atoms with van der Waals surface area (Å²) in [5.41, 5.74) is 4.92. The number of aromatic amines is 1. The number of fused-ring (bicyclic) bond motifs is 1. The molecule has 34 heavy (non-hydrogen) atoms. The molecule has 4 heterocycles. The molecule has 3 aromatic heterocycles. The number of aromatic nitrogens is 4. The summed E-state index contributed by atoms with van der Waals surface area (Å²) in [6.45, 7) is 9.84. The van der Waals surface area contributed by atoms with Crippen molar-refractivity contribution in [1.82, 2.24) is 25.1 Å². The van der Waals surface area contributed by atoms with Crippen LogP contribution in [0.1, 0.15) is 27.2 Å².